The summed E-state index contributed by atoms with van der Waals surface area (Å²) in [6.45, 7) is 2.46. The van der Waals surface area contributed by atoms with Crippen LogP contribution < -0.4 is 41.8 Å². The van der Waals surface area contributed by atoms with Gasteiger partial charge in [0.25, 0.3) is 0 Å². The average molecular weight is 806 g/mol. The normalized spacial score (nSPS) is 10.8. The molecule has 0 aliphatic heterocycles. The molecule has 0 fully saturated rings. The van der Waals surface area contributed by atoms with Gasteiger partial charge in [0.15, 0.2) is 0 Å². The maximum absolute atomic E-state index is 9.75. The predicted molar refractivity (Wildman–Crippen MR) is 206 cm³/mol. The van der Waals surface area contributed by atoms with E-state index in [2.05, 4.69) is 36.4 Å². The zero-order chi connectivity index (χ0) is 37.9. The molecule has 0 amide bonds. The first-order valence-electron chi connectivity index (χ1n) is 17.2. The molecule has 6 rings (SSSR count). The summed E-state index contributed by atoms with van der Waals surface area (Å²) in [5.41, 5.74) is 0. The van der Waals surface area contributed by atoms with Crippen LogP contribution in [0.2, 0.25) is 0 Å². The molecule has 54 heavy (non-hydrogen) atoms. The fraction of sp³-hybridized carbons (Fsp3) is 0.143. The Morgan fingerprint density at radius 2 is 0.537 bits per heavy atom. The zero-order valence-corrected chi connectivity index (χ0v) is 31.0. The fourth-order valence-corrected chi connectivity index (χ4v) is 9.96. The van der Waals surface area contributed by atoms with Crippen molar-refractivity contribution in [2.45, 2.75) is 0 Å². The second-order valence-electron chi connectivity index (χ2n) is 11.2. The summed E-state index contributed by atoms with van der Waals surface area (Å²) < 4.78 is 79.4. The van der Waals surface area contributed by atoms with Crippen molar-refractivity contribution < 1.29 is 45.7 Å². The van der Waals surface area contributed by atoms with Crippen LogP contribution in [0.15, 0.2) is 164 Å². The molecule has 0 saturated heterocycles. The SMILES string of the molecule is F[B-](F)(F)F.c1ccc(OCCOc2ccccc2[Se+](c2ccccc2OCCOc2ccccc2)c2ccccc2OCCOc2ccccc2)cc1. The predicted octanol–water partition coefficient (Wildman–Crippen LogP) is 7.88. The minimum atomic E-state index is -6.00. The van der Waals surface area contributed by atoms with Crippen LogP contribution in [-0.2, 0) is 0 Å². The van der Waals surface area contributed by atoms with Gasteiger partial charge in [-0.3, -0.25) is 0 Å². The Morgan fingerprint density at radius 1 is 0.315 bits per heavy atom. The summed E-state index contributed by atoms with van der Waals surface area (Å²) in [5.74, 6) is 4.89. The van der Waals surface area contributed by atoms with E-state index in [1.54, 1.807) is 0 Å². The number of hydrogen-bond donors (Lipinski definition) is 0. The average Bonchev–Trinajstić information content (AvgIpc) is 3.19. The number of hydrogen-bond acceptors (Lipinski definition) is 6. The molecule has 0 aliphatic rings. The molecule has 0 spiro atoms. The Labute approximate surface area is 317 Å². The molecule has 0 unspecified atom stereocenters. The first-order valence-corrected chi connectivity index (χ1v) is 19.7. The van der Waals surface area contributed by atoms with Crippen molar-refractivity contribution in [2.24, 2.45) is 0 Å². The van der Waals surface area contributed by atoms with Crippen molar-refractivity contribution in [1.29, 1.82) is 0 Å². The first kappa shape index (κ1) is 39.6. The van der Waals surface area contributed by atoms with E-state index < -0.39 is 21.2 Å². The van der Waals surface area contributed by atoms with Gasteiger partial charge in [-0.15, -0.1) is 0 Å². The van der Waals surface area contributed by atoms with E-state index in [9.17, 15) is 17.3 Å². The van der Waals surface area contributed by atoms with Crippen LogP contribution >= 0.6 is 0 Å². The van der Waals surface area contributed by atoms with Crippen LogP contribution in [0, 0.1) is 0 Å². The summed E-state index contributed by atoms with van der Waals surface area (Å²) in [4.78, 5) is 0. The molecule has 0 atom stereocenters. The van der Waals surface area contributed by atoms with Gasteiger partial charge in [0, 0.05) is 0 Å². The van der Waals surface area contributed by atoms with Crippen molar-refractivity contribution in [3.8, 4) is 34.5 Å². The third-order valence-corrected chi connectivity index (χ3v) is 12.2. The summed E-state index contributed by atoms with van der Waals surface area (Å²) in [6.07, 6.45) is 0. The molecule has 0 saturated carbocycles. The Morgan fingerprint density at radius 3 is 0.815 bits per heavy atom. The van der Waals surface area contributed by atoms with E-state index in [4.69, 9.17) is 28.4 Å². The fourth-order valence-electron chi connectivity index (χ4n) is 5.05. The molecule has 0 aromatic heterocycles. The molecule has 6 nitrogen and oxygen atoms in total. The summed E-state index contributed by atoms with van der Waals surface area (Å²) in [5, 5.41) is 0. The Hall–Kier alpha value is -5.58. The van der Waals surface area contributed by atoms with E-state index in [1.165, 1.54) is 0 Å². The molecule has 0 radical (unpaired) electrons. The van der Waals surface area contributed by atoms with Crippen LogP contribution in [0.3, 0.4) is 0 Å². The van der Waals surface area contributed by atoms with Gasteiger partial charge in [-0.2, -0.15) is 0 Å². The minimum absolute atomic E-state index is 0.398. The van der Waals surface area contributed by atoms with E-state index in [0.717, 1.165) is 47.9 Å². The number of ether oxygens (including phenoxy) is 6. The van der Waals surface area contributed by atoms with Crippen LogP contribution in [0.25, 0.3) is 0 Å². The van der Waals surface area contributed by atoms with Gasteiger partial charge in [-0.25, -0.2) is 0 Å². The maximum atomic E-state index is 9.75. The number of benzene rings is 6. The molecule has 12 heteroatoms. The molecule has 0 N–H and O–H groups in total. The van der Waals surface area contributed by atoms with Crippen LogP contribution in [0.5, 0.6) is 34.5 Å². The standard InChI is InChI=1S/C42H39O6Se.BF4/c1-4-16-34(17-5-1)43-28-31-46-37-22-10-13-25-40(37)49(41-26-14-11-23-38(41)47-32-29-44-35-18-6-2-7-19-35)42-27-15-12-24-39(42)48-33-30-45-36-20-8-3-9-21-36;2-1(3,4)5/h1-27H,28-33H2;/q+1;-1. The van der Waals surface area contributed by atoms with Gasteiger partial charge in [-0.1, -0.05) is 0 Å². The van der Waals surface area contributed by atoms with Crippen molar-refractivity contribution in [2.75, 3.05) is 39.6 Å². The number of para-hydroxylation sites is 6. The molecule has 6 aromatic carbocycles. The van der Waals surface area contributed by atoms with Gasteiger partial charge in [0.1, 0.15) is 0 Å². The summed E-state index contributed by atoms with van der Waals surface area (Å²) in [7, 11) is -6.00. The molecule has 280 valence electrons. The van der Waals surface area contributed by atoms with Crippen molar-refractivity contribution in [1.82, 2.24) is 0 Å². The van der Waals surface area contributed by atoms with E-state index >= 15 is 0 Å². The van der Waals surface area contributed by atoms with E-state index in [-0.39, 0.29) is 0 Å². The second kappa shape index (κ2) is 21.2. The second-order valence-corrected chi connectivity index (χ2v) is 15.2. The van der Waals surface area contributed by atoms with Gasteiger partial charge in [0.05, 0.1) is 0 Å². The van der Waals surface area contributed by atoms with E-state index in [0.29, 0.717) is 39.6 Å². The van der Waals surface area contributed by atoms with E-state index in [1.807, 2.05) is 127 Å². The van der Waals surface area contributed by atoms with Crippen molar-refractivity contribution in [3.63, 3.8) is 0 Å². The van der Waals surface area contributed by atoms with Crippen molar-refractivity contribution >= 4 is 34.5 Å². The Bertz CT molecular complexity index is 1730. The Kier molecular flexibility index (Phi) is 15.6. The van der Waals surface area contributed by atoms with Gasteiger partial charge < -0.3 is 17.3 Å². The van der Waals surface area contributed by atoms with Gasteiger partial charge in [-0.05, 0) is 0 Å². The summed E-state index contributed by atoms with van der Waals surface area (Å²) in [6, 6.07) is 54.1. The number of halogens is 4. The number of rotatable bonds is 18. The summed E-state index contributed by atoms with van der Waals surface area (Å²) >= 11 is -2.06. The third-order valence-electron chi connectivity index (χ3n) is 7.27. The molecular formula is C42H39BF4O6Se. The quantitative estimate of drug-likeness (QED) is 0.0501. The van der Waals surface area contributed by atoms with Gasteiger partial charge in [0.2, 0.25) is 0 Å². The first-order chi connectivity index (χ1) is 26.3. The zero-order valence-electron chi connectivity index (χ0n) is 29.3. The monoisotopic (exact) mass is 806 g/mol. The Balaban J connectivity index is 0.00000105. The molecule has 0 aliphatic carbocycles. The van der Waals surface area contributed by atoms with Crippen molar-refractivity contribution in [3.05, 3.63) is 164 Å². The topological polar surface area (TPSA) is 55.4 Å². The molecule has 6 aromatic rings. The van der Waals surface area contributed by atoms with Crippen LogP contribution in [0.1, 0.15) is 0 Å². The molecule has 0 bridgehead atoms. The molecular weight excluding hydrogens is 766 g/mol. The van der Waals surface area contributed by atoms with Crippen LogP contribution in [-0.4, -0.2) is 60.8 Å². The van der Waals surface area contributed by atoms with Crippen LogP contribution in [0.4, 0.5) is 17.3 Å². The van der Waals surface area contributed by atoms with Gasteiger partial charge >= 0.3 is 301 Å². The third kappa shape index (κ3) is 13.4. The molecule has 0 heterocycles.